The third-order valence-corrected chi connectivity index (χ3v) is 2.09. The first kappa shape index (κ1) is 9.71. The number of nitrogens with zero attached hydrogens (tertiary/aromatic N) is 1. The Morgan fingerprint density at radius 3 is 2.60 bits per heavy atom. The first-order valence-corrected chi connectivity index (χ1v) is 4.87. The van der Waals surface area contributed by atoms with Gasteiger partial charge in [-0.2, -0.15) is 0 Å². The third-order valence-electron chi connectivity index (χ3n) is 2.09. The second-order valence-electron chi connectivity index (χ2n) is 3.08. The van der Waals surface area contributed by atoms with E-state index in [1.165, 1.54) is 0 Å². The summed E-state index contributed by atoms with van der Waals surface area (Å²) in [4.78, 5) is 4.19. The van der Waals surface area contributed by atoms with Crippen LogP contribution in [0.5, 0.6) is 5.88 Å². The Morgan fingerprint density at radius 2 is 1.87 bits per heavy atom. The molecule has 0 amide bonds. The fourth-order valence-electron chi connectivity index (χ4n) is 1.43. The highest BCUT2D eigenvalue weighted by atomic mass is 16.5. The van der Waals surface area contributed by atoms with Gasteiger partial charge >= 0.3 is 0 Å². The van der Waals surface area contributed by atoms with Crippen LogP contribution in [0.1, 0.15) is 6.92 Å². The van der Waals surface area contributed by atoms with Crippen LogP contribution in [-0.2, 0) is 0 Å². The molecule has 2 heteroatoms. The zero-order chi connectivity index (χ0) is 10.5. The van der Waals surface area contributed by atoms with Crippen LogP contribution in [0.3, 0.4) is 0 Å². The molecule has 0 atom stereocenters. The van der Waals surface area contributed by atoms with Crippen molar-refractivity contribution in [1.82, 2.24) is 4.98 Å². The molecule has 1 aromatic carbocycles. The zero-order valence-corrected chi connectivity index (χ0v) is 8.55. The fraction of sp³-hybridized carbons (Fsp3) is 0.0769. The highest BCUT2D eigenvalue weighted by Crippen LogP contribution is 2.27. The highest BCUT2D eigenvalue weighted by molar-refractivity contribution is 5.68. The summed E-state index contributed by atoms with van der Waals surface area (Å²) in [6.45, 7) is 3.47. The molecule has 0 spiro atoms. The van der Waals surface area contributed by atoms with E-state index in [4.69, 9.17) is 4.74 Å². The monoisotopic (exact) mass is 198 g/mol. The first-order valence-electron chi connectivity index (χ1n) is 4.87. The zero-order valence-electron chi connectivity index (χ0n) is 8.55. The van der Waals surface area contributed by atoms with E-state index in [0.29, 0.717) is 5.88 Å². The van der Waals surface area contributed by atoms with Crippen LogP contribution >= 0.6 is 0 Å². The van der Waals surface area contributed by atoms with Crippen LogP contribution in [-0.4, -0.2) is 4.98 Å². The van der Waals surface area contributed by atoms with E-state index >= 15 is 0 Å². The number of hydrogen-bond donors (Lipinski definition) is 0. The minimum Gasteiger partial charge on any atom is -0.470 e. The summed E-state index contributed by atoms with van der Waals surface area (Å²) in [6, 6.07) is 14.0. The van der Waals surface area contributed by atoms with Crippen molar-refractivity contribution in [3.63, 3.8) is 0 Å². The Labute approximate surface area is 89.6 Å². The van der Waals surface area contributed by atoms with Crippen molar-refractivity contribution >= 4 is 0 Å². The van der Waals surface area contributed by atoms with Gasteiger partial charge in [-0.25, -0.2) is 4.98 Å². The molecule has 2 rings (SSSR count). The summed E-state index contributed by atoms with van der Waals surface area (Å²) in [7, 11) is 0. The molecule has 0 unspecified atom stereocenters. The molecule has 0 saturated carbocycles. The van der Waals surface area contributed by atoms with Crippen LogP contribution in [0.4, 0.5) is 0 Å². The van der Waals surface area contributed by atoms with Crippen molar-refractivity contribution in [2.75, 3.05) is 0 Å². The Bertz CT molecular complexity index is 426. The van der Waals surface area contributed by atoms with E-state index in [1.54, 1.807) is 12.8 Å². The molecular weight excluding hydrogens is 186 g/mol. The molecule has 75 valence electrons. The molecule has 0 aliphatic rings. The lowest BCUT2D eigenvalue weighted by molar-refractivity contribution is 0.402. The van der Waals surface area contributed by atoms with E-state index in [2.05, 4.69) is 4.98 Å². The third kappa shape index (κ3) is 2.15. The van der Waals surface area contributed by atoms with E-state index in [0.717, 1.165) is 11.1 Å². The van der Waals surface area contributed by atoms with E-state index in [-0.39, 0.29) is 0 Å². The van der Waals surface area contributed by atoms with Gasteiger partial charge in [0.05, 0.1) is 0 Å². The van der Waals surface area contributed by atoms with Gasteiger partial charge in [0, 0.05) is 11.8 Å². The maximum atomic E-state index is 5.36. The lowest BCUT2D eigenvalue weighted by atomic mass is 10.1. The standard InChI is InChI=1S/C13H12NO/c1-2-15-13-12(9-6-10-14-13)11-7-4-3-5-8-11/h2-10H,1H3. The van der Waals surface area contributed by atoms with Crippen molar-refractivity contribution in [1.29, 1.82) is 0 Å². The van der Waals surface area contributed by atoms with Gasteiger partial charge in [0.1, 0.15) is 6.61 Å². The fourth-order valence-corrected chi connectivity index (χ4v) is 1.43. The Balaban J connectivity index is 2.43. The van der Waals surface area contributed by atoms with Gasteiger partial charge in [-0.1, -0.05) is 30.3 Å². The summed E-state index contributed by atoms with van der Waals surface area (Å²) in [6.07, 6.45) is 1.73. The minimum absolute atomic E-state index is 0.645. The summed E-state index contributed by atoms with van der Waals surface area (Å²) in [5, 5.41) is 0. The van der Waals surface area contributed by atoms with Gasteiger partial charge in [-0.3, -0.25) is 0 Å². The summed E-state index contributed by atoms with van der Waals surface area (Å²) in [5.74, 6) is 0.645. The summed E-state index contributed by atoms with van der Waals surface area (Å²) >= 11 is 0. The molecule has 1 heterocycles. The van der Waals surface area contributed by atoms with Gasteiger partial charge in [-0.15, -0.1) is 0 Å². The number of aromatic nitrogens is 1. The van der Waals surface area contributed by atoms with Gasteiger partial charge in [0.2, 0.25) is 5.88 Å². The van der Waals surface area contributed by atoms with Crippen molar-refractivity contribution in [3.05, 3.63) is 55.3 Å². The lowest BCUT2D eigenvalue weighted by Gasteiger charge is -2.07. The molecule has 0 fully saturated rings. The molecule has 1 aromatic heterocycles. The predicted molar refractivity (Wildman–Crippen MR) is 60.3 cm³/mol. The molecular formula is C13H12NO. The van der Waals surface area contributed by atoms with Crippen LogP contribution in [0, 0.1) is 6.61 Å². The second-order valence-corrected chi connectivity index (χ2v) is 3.08. The van der Waals surface area contributed by atoms with Crippen molar-refractivity contribution in [2.45, 2.75) is 6.92 Å². The molecule has 0 bridgehead atoms. The number of ether oxygens (including phenoxy) is 1. The first-order chi connectivity index (χ1) is 7.42. The molecule has 15 heavy (non-hydrogen) atoms. The summed E-state index contributed by atoms with van der Waals surface area (Å²) < 4.78 is 5.36. The topological polar surface area (TPSA) is 22.1 Å². The van der Waals surface area contributed by atoms with Gasteiger partial charge < -0.3 is 4.74 Å². The molecule has 1 radical (unpaired) electrons. The van der Waals surface area contributed by atoms with E-state index < -0.39 is 0 Å². The average Bonchev–Trinajstić information content (AvgIpc) is 2.31. The molecule has 2 nitrogen and oxygen atoms in total. The maximum absolute atomic E-state index is 5.36. The lowest BCUT2D eigenvalue weighted by Crippen LogP contribution is -1.92. The van der Waals surface area contributed by atoms with Crippen LogP contribution in [0.15, 0.2) is 48.7 Å². The van der Waals surface area contributed by atoms with Crippen molar-refractivity contribution in [3.8, 4) is 17.0 Å². The van der Waals surface area contributed by atoms with E-state index in [9.17, 15) is 0 Å². The molecule has 2 aromatic rings. The highest BCUT2D eigenvalue weighted by Gasteiger charge is 2.05. The van der Waals surface area contributed by atoms with Gasteiger partial charge in [0.25, 0.3) is 0 Å². The normalized spacial score (nSPS) is 9.93. The van der Waals surface area contributed by atoms with Crippen LogP contribution < -0.4 is 4.74 Å². The SMILES string of the molecule is C[CH]Oc1ncccc1-c1ccccc1. The van der Waals surface area contributed by atoms with Crippen molar-refractivity contribution in [2.24, 2.45) is 0 Å². The Kier molecular flexibility index (Phi) is 2.98. The number of benzene rings is 1. The number of hydrogen-bond acceptors (Lipinski definition) is 2. The minimum atomic E-state index is 0.645. The van der Waals surface area contributed by atoms with Crippen molar-refractivity contribution < 1.29 is 4.74 Å². The number of rotatable bonds is 3. The van der Waals surface area contributed by atoms with Crippen LogP contribution in [0.2, 0.25) is 0 Å². The second kappa shape index (κ2) is 4.60. The quantitative estimate of drug-likeness (QED) is 0.754. The Morgan fingerprint density at radius 1 is 1.07 bits per heavy atom. The Hall–Kier alpha value is -1.83. The van der Waals surface area contributed by atoms with E-state index in [1.807, 2.05) is 49.4 Å². The molecule has 0 aliphatic heterocycles. The van der Waals surface area contributed by atoms with Gasteiger partial charge in [-0.05, 0) is 24.6 Å². The predicted octanol–water partition coefficient (Wildman–Crippen LogP) is 3.31. The van der Waals surface area contributed by atoms with Gasteiger partial charge in [0.15, 0.2) is 0 Å². The molecule has 0 saturated heterocycles. The number of pyridine rings is 1. The summed E-state index contributed by atoms with van der Waals surface area (Å²) in [5.41, 5.74) is 2.12. The smallest absolute Gasteiger partial charge is 0.221 e. The average molecular weight is 198 g/mol. The molecule has 0 N–H and O–H groups in total. The van der Waals surface area contributed by atoms with Crippen LogP contribution in [0.25, 0.3) is 11.1 Å². The largest absolute Gasteiger partial charge is 0.470 e. The molecule has 0 aliphatic carbocycles. The maximum Gasteiger partial charge on any atom is 0.221 e.